The maximum atomic E-state index is 11.4. The van der Waals surface area contributed by atoms with Crippen molar-refractivity contribution < 1.29 is 8.42 Å². The number of nitrogens with one attached hydrogen (secondary N) is 2. The van der Waals surface area contributed by atoms with Crippen molar-refractivity contribution >= 4 is 27.3 Å². The predicted molar refractivity (Wildman–Crippen MR) is 56.2 cm³/mol. The predicted octanol–water partition coefficient (Wildman–Crippen LogP) is 1.01. The van der Waals surface area contributed by atoms with Crippen LogP contribution < -0.4 is 4.72 Å². The Morgan fingerprint density at radius 1 is 1.50 bits per heavy atom. The molecule has 0 unspecified atom stereocenters. The van der Waals surface area contributed by atoms with Gasteiger partial charge in [-0.3, -0.25) is 9.82 Å². The summed E-state index contributed by atoms with van der Waals surface area (Å²) in [5.41, 5.74) is 1.83. The number of aryl methyl sites for hydroxylation is 2. The summed E-state index contributed by atoms with van der Waals surface area (Å²) in [5.74, 6) is -0.0239. The summed E-state index contributed by atoms with van der Waals surface area (Å²) in [6, 6.07) is 0. The van der Waals surface area contributed by atoms with Crippen LogP contribution in [0.1, 0.15) is 11.4 Å². The van der Waals surface area contributed by atoms with E-state index < -0.39 is 10.0 Å². The smallest absolute Gasteiger partial charge is 0.234 e. The van der Waals surface area contributed by atoms with E-state index in [2.05, 4.69) is 14.9 Å². The molecule has 7 heteroatoms. The number of H-pyrrole nitrogens is 1. The Morgan fingerprint density at radius 2 is 2.14 bits per heavy atom. The maximum Gasteiger partial charge on any atom is 0.234 e. The van der Waals surface area contributed by atoms with Crippen molar-refractivity contribution in [3.63, 3.8) is 0 Å². The summed E-state index contributed by atoms with van der Waals surface area (Å²) in [6.07, 6.45) is 0. The van der Waals surface area contributed by atoms with Gasteiger partial charge in [-0.25, -0.2) is 8.42 Å². The molecule has 2 N–H and O–H groups in total. The molecule has 1 aromatic heterocycles. The Hall–Kier alpha value is -0.750. The first-order valence-electron chi connectivity index (χ1n) is 4.04. The molecule has 1 rings (SSSR count). The molecular weight excluding hydrogens is 226 g/mol. The van der Waals surface area contributed by atoms with E-state index >= 15 is 0 Å². The fourth-order valence-corrected chi connectivity index (χ4v) is 2.54. The normalized spacial score (nSPS) is 11.6. The van der Waals surface area contributed by atoms with Gasteiger partial charge in [-0.15, -0.1) is 11.6 Å². The molecule has 80 valence electrons. The van der Waals surface area contributed by atoms with Crippen molar-refractivity contribution in [3.8, 4) is 0 Å². The van der Waals surface area contributed by atoms with Crippen LogP contribution in [0.2, 0.25) is 0 Å². The van der Waals surface area contributed by atoms with Crippen LogP contribution in [0, 0.1) is 13.8 Å². The molecule has 0 fully saturated rings. The van der Waals surface area contributed by atoms with Gasteiger partial charge in [-0.2, -0.15) is 5.10 Å². The van der Waals surface area contributed by atoms with Crippen molar-refractivity contribution in [1.29, 1.82) is 0 Å². The molecule has 0 atom stereocenters. The lowest BCUT2D eigenvalue weighted by atomic mass is 10.3. The monoisotopic (exact) mass is 237 g/mol. The van der Waals surface area contributed by atoms with Crippen LogP contribution in [0.3, 0.4) is 0 Å². The molecule has 0 aliphatic heterocycles. The second kappa shape index (κ2) is 4.18. The van der Waals surface area contributed by atoms with Crippen molar-refractivity contribution in [2.24, 2.45) is 0 Å². The van der Waals surface area contributed by atoms with Crippen LogP contribution in [0.15, 0.2) is 0 Å². The van der Waals surface area contributed by atoms with E-state index in [-0.39, 0.29) is 11.6 Å². The summed E-state index contributed by atoms with van der Waals surface area (Å²) >= 11 is 5.36. The molecule has 0 aromatic carbocycles. The minimum atomic E-state index is -3.34. The largest absolute Gasteiger partial charge is 0.280 e. The lowest BCUT2D eigenvalue weighted by Crippen LogP contribution is -2.18. The van der Waals surface area contributed by atoms with Crippen LogP contribution in [0.25, 0.3) is 0 Å². The summed E-state index contributed by atoms with van der Waals surface area (Å²) in [7, 11) is -3.34. The maximum absolute atomic E-state index is 11.4. The van der Waals surface area contributed by atoms with Crippen molar-refractivity contribution in [2.45, 2.75) is 13.8 Å². The Labute approximate surface area is 87.9 Å². The zero-order chi connectivity index (χ0) is 10.8. The minimum absolute atomic E-state index is 0.0747. The molecule has 14 heavy (non-hydrogen) atoms. The van der Waals surface area contributed by atoms with Crippen molar-refractivity contribution in [3.05, 3.63) is 11.4 Å². The summed E-state index contributed by atoms with van der Waals surface area (Å²) in [6.45, 7) is 3.47. The lowest BCUT2D eigenvalue weighted by molar-refractivity contribution is 0.602. The first kappa shape index (κ1) is 11.3. The van der Waals surface area contributed by atoms with Gasteiger partial charge in [0, 0.05) is 5.88 Å². The number of aromatic amines is 1. The molecule has 1 heterocycles. The second-order valence-electron chi connectivity index (χ2n) is 2.92. The highest BCUT2D eigenvalue weighted by atomic mass is 35.5. The third-order valence-electron chi connectivity index (χ3n) is 1.73. The molecule has 0 spiro atoms. The average molecular weight is 238 g/mol. The first-order valence-corrected chi connectivity index (χ1v) is 6.23. The fraction of sp³-hybridized carbons (Fsp3) is 0.571. The third kappa shape index (κ3) is 2.62. The van der Waals surface area contributed by atoms with E-state index in [4.69, 9.17) is 11.6 Å². The Balaban J connectivity index is 2.89. The van der Waals surface area contributed by atoms with Gasteiger partial charge in [-0.05, 0) is 13.8 Å². The highest BCUT2D eigenvalue weighted by molar-refractivity contribution is 7.92. The Kier molecular flexibility index (Phi) is 3.38. The first-order chi connectivity index (χ1) is 6.46. The third-order valence-corrected chi connectivity index (χ3v) is 3.40. The fourth-order valence-electron chi connectivity index (χ4n) is 1.01. The van der Waals surface area contributed by atoms with Gasteiger partial charge in [0.15, 0.2) is 0 Å². The van der Waals surface area contributed by atoms with Gasteiger partial charge < -0.3 is 0 Å². The second-order valence-corrected chi connectivity index (χ2v) is 5.14. The van der Waals surface area contributed by atoms with Gasteiger partial charge in [0.1, 0.15) is 0 Å². The van der Waals surface area contributed by atoms with Crippen LogP contribution in [0.4, 0.5) is 5.69 Å². The number of rotatable bonds is 4. The molecule has 0 bridgehead atoms. The lowest BCUT2D eigenvalue weighted by Gasteiger charge is -2.05. The van der Waals surface area contributed by atoms with E-state index in [0.29, 0.717) is 17.1 Å². The molecular formula is C7H12ClN3O2S. The number of anilines is 1. The van der Waals surface area contributed by atoms with Crippen LogP contribution in [-0.4, -0.2) is 30.2 Å². The molecule has 0 amide bonds. The summed E-state index contributed by atoms with van der Waals surface area (Å²) in [5, 5.41) is 6.57. The van der Waals surface area contributed by atoms with Crippen LogP contribution in [0.5, 0.6) is 0 Å². The molecule has 0 aliphatic rings. The van der Waals surface area contributed by atoms with Crippen molar-refractivity contribution in [2.75, 3.05) is 16.4 Å². The van der Waals surface area contributed by atoms with Gasteiger partial charge in [0.25, 0.3) is 0 Å². The van der Waals surface area contributed by atoms with Crippen LogP contribution in [-0.2, 0) is 10.0 Å². The Bertz CT molecular complexity index is 393. The number of aromatic nitrogens is 2. The van der Waals surface area contributed by atoms with Gasteiger partial charge in [-0.1, -0.05) is 0 Å². The molecule has 1 aromatic rings. The Morgan fingerprint density at radius 3 is 2.57 bits per heavy atom. The van der Waals surface area contributed by atoms with Crippen molar-refractivity contribution in [1.82, 2.24) is 10.2 Å². The minimum Gasteiger partial charge on any atom is -0.280 e. The van der Waals surface area contributed by atoms with Crippen LogP contribution >= 0.6 is 11.6 Å². The van der Waals surface area contributed by atoms with Gasteiger partial charge >= 0.3 is 0 Å². The SMILES string of the molecule is Cc1n[nH]c(C)c1NS(=O)(=O)CCCl. The molecule has 0 saturated carbocycles. The molecule has 0 radical (unpaired) electrons. The summed E-state index contributed by atoms with van der Waals surface area (Å²) in [4.78, 5) is 0. The summed E-state index contributed by atoms with van der Waals surface area (Å²) < 4.78 is 25.2. The molecule has 5 nitrogen and oxygen atoms in total. The van der Waals surface area contributed by atoms with E-state index in [1.165, 1.54) is 0 Å². The quantitative estimate of drug-likeness (QED) is 0.768. The van der Waals surface area contributed by atoms with E-state index in [9.17, 15) is 8.42 Å². The molecule has 0 aliphatic carbocycles. The number of sulfonamides is 1. The van der Waals surface area contributed by atoms with Gasteiger partial charge in [0.2, 0.25) is 10.0 Å². The van der Waals surface area contributed by atoms with E-state index in [1.54, 1.807) is 13.8 Å². The highest BCUT2D eigenvalue weighted by Crippen LogP contribution is 2.17. The average Bonchev–Trinajstić information content (AvgIpc) is 2.35. The topological polar surface area (TPSA) is 74.8 Å². The van der Waals surface area contributed by atoms with Gasteiger partial charge in [0.05, 0.1) is 22.8 Å². The van der Waals surface area contributed by atoms with E-state index in [0.717, 1.165) is 0 Å². The number of hydrogen-bond donors (Lipinski definition) is 2. The number of hydrogen-bond acceptors (Lipinski definition) is 3. The zero-order valence-corrected chi connectivity index (χ0v) is 9.54. The molecule has 0 saturated heterocycles. The zero-order valence-electron chi connectivity index (χ0n) is 7.96. The highest BCUT2D eigenvalue weighted by Gasteiger charge is 2.14. The number of halogens is 1. The standard InChI is InChI=1S/C7H12ClN3O2S/c1-5-7(6(2)10-9-5)11-14(12,13)4-3-8/h11H,3-4H2,1-2H3,(H,9,10). The number of nitrogens with zero attached hydrogens (tertiary/aromatic N) is 1. The van der Waals surface area contributed by atoms with E-state index in [1.807, 2.05) is 0 Å². The number of alkyl halides is 1.